The molecule has 0 spiro atoms. The fraction of sp³-hybridized carbons (Fsp3) is 0.467. The standard InChI is InChI=1S/C15H20ClNO3/c1-4-15(3,14(19)20)17-13(18)10(2)9-11-7-5-6-8-12(11)16/h5-8,10H,4,9H2,1-3H3,(H,17,18)(H,19,20). The van der Waals surface area contributed by atoms with Crippen molar-refractivity contribution in [3.05, 3.63) is 34.9 Å². The topological polar surface area (TPSA) is 66.4 Å². The molecule has 1 rings (SSSR count). The van der Waals surface area contributed by atoms with Crippen LogP contribution in [-0.2, 0) is 16.0 Å². The molecule has 2 N–H and O–H groups in total. The van der Waals surface area contributed by atoms with Crippen molar-refractivity contribution in [2.24, 2.45) is 5.92 Å². The second kappa shape index (κ2) is 6.75. The molecule has 20 heavy (non-hydrogen) atoms. The summed E-state index contributed by atoms with van der Waals surface area (Å²) in [5.41, 5.74) is -0.350. The van der Waals surface area contributed by atoms with E-state index in [1.54, 1.807) is 19.9 Å². The SMILES string of the molecule is CCC(C)(NC(=O)C(C)Cc1ccccc1Cl)C(=O)O. The van der Waals surface area contributed by atoms with Crippen molar-refractivity contribution in [2.75, 3.05) is 0 Å². The first-order valence-corrected chi connectivity index (χ1v) is 6.96. The number of hydrogen-bond acceptors (Lipinski definition) is 2. The molecule has 0 aliphatic carbocycles. The van der Waals surface area contributed by atoms with Crippen molar-refractivity contribution in [2.45, 2.75) is 39.2 Å². The lowest BCUT2D eigenvalue weighted by molar-refractivity contribution is -0.147. The fourth-order valence-electron chi connectivity index (χ4n) is 1.77. The number of hydrogen-bond donors (Lipinski definition) is 2. The molecule has 110 valence electrons. The lowest BCUT2D eigenvalue weighted by Gasteiger charge is -2.26. The van der Waals surface area contributed by atoms with Gasteiger partial charge in [-0.3, -0.25) is 4.79 Å². The van der Waals surface area contributed by atoms with Crippen LogP contribution in [0.3, 0.4) is 0 Å². The highest BCUT2D eigenvalue weighted by Crippen LogP contribution is 2.19. The van der Waals surface area contributed by atoms with Crippen molar-refractivity contribution in [3.63, 3.8) is 0 Å². The summed E-state index contributed by atoms with van der Waals surface area (Å²) in [6, 6.07) is 7.33. The van der Waals surface area contributed by atoms with Crippen molar-refractivity contribution in [1.29, 1.82) is 0 Å². The van der Waals surface area contributed by atoms with Gasteiger partial charge in [-0.2, -0.15) is 0 Å². The maximum Gasteiger partial charge on any atom is 0.329 e. The number of carbonyl (C=O) groups excluding carboxylic acids is 1. The van der Waals surface area contributed by atoms with Gasteiger partial charge in [0.2, 0.25) is 5.91 Å². The third-order valence-electron chi connectivity index (χ3n) is 3.51. The summed E-state index contributed by atoms with van der Waals surface area (Å²) in [4.78, 5) is 23.3. The molecule has 0 saturated heterocycles. The van der Waals surface area contributed by atoms with Crippen molar-refractivity contribution < 1.29 is 14.7 Å². The Balaban J connectivity index is 2.73. The van der Waals surface area contributed by atoms with Gasteiger partial charge in [-0.1, -0.05) is 43.6 Å². The predicted molar refractivity (Wildman–Crippen MR) is 78.8 cm³/mol. The van der Waals surface area contributed by atoms with E-state index >= 15 is 0 Å². The number of carboxylic acid groups (broad SMARTS) is 1. The second-order valence-electron chi connectivity index (χ2n) is 5.18. The van der Waals surface area contributed by atoms with E-state index in [1.807, 2.05) is 18.2 Å². The van der Waals surface area contributed by atoms with Gasteiger partial charge in [-0.25, -0.2) is 4.79 Å². The van der Waals surface area contributed by atoms with Gasteiger partial charge in [0, 0.05) is 10.9 Å². The summed E-state index contributed by atoms with van der Waals surface area (Å²) in [5.74, 6) is -1.66. The van der Waals surface area contributed by atoms with Gasteiger partial charge in [0.15, 0.2) is 0 Å². The van der Waals surface area contributed by atoms with E-state index < -0.39 is 11.5 Å². The molecule has 0 radical (unpaired) electrons. The van der Waals surface area contributed by atoms with E-state index in [0.717, 1.165) is 5.56 Å². The van der Waals surface area contributed by atoms with E-state index in [0.29, 0.717) is 17.9 Å². The van der Waals surface area contributed by atoms with Crippen LogP contribution in [0.2, 0.25) is 5.02 Å². The van der Waals surface area contributed by atoms with Gasteiger partial charge in [0.1, 0.15) is 5.54 Å². The summed E-state index contributed by atoms with van der Waals surface area (Å²) < 4.78 is 0. The Bertz CT molecular complexity index is 504. The van der Waals surface area contributed by atoms with Gasteiger partial charge >= 0.3 is 5.97 Å². The van der Waals surface area contributed by atoms with Crippen LogP contribution in [0, 0.1) is 5.92 Å². The second-order valence-corrected chi connectivity index (χ2v) is 5.58. The third kappa shape index (κ3) is 3.97. The molecule has 2 unspecified atom stereocenters. The van der Waals surface area contributed by atoms with Gasteiger partial charge in [0.05, 0.1) is 0 Å². The summed E-state index contributed by atoms with van der Waals surface area (Å²) in [7, 11) is 0. The highest BCUT2D eigenvalue weighted by Gasteiger charge is 2.34. The highest BCUT2D eigenvalue weighted by molar-refractivity contribution is 6.31. The molecule has 0 bridgehead atoms. The minimum Gasteiger partial charge on any atom is -0.480 e. The average molecular weight is 298 g/mol. The summed E-state index contributed by atoms with van der Waals surface area (Å²) in [6.45, 7) is 5.00. The Labute approximate surface area is 124 Å². The highest BCUT2D eigenvalue weighted by atomic mass is 35.5. The first-order chi connectivity index (χ1) is 9.30. The van der Waals surface area contributed by atoms with E-state index in [9.17, 15) is 9.59 Å². The quantitative estimate of drug-likeness (QED) is 0.848. The Hall–Kier alpha value is -1.55. The fourth-order valence-corrected chi connectivity index (χ4v) is 1.99. The largest absolute Gasteiger partial charge is 0.480 e. The molecule has 4 nitrogen and oxygen atoms in total. The molecular weight excluding hydrogens is 278 g/mol. The molecule has 0 heterocycles. The van der Waals surface area contributed by atoms with Crippen LogP contribution in [0.15, 0.2) is 24.3 Å². The monoisotopic (exact) mass is 297 g/mol. The number of halogens is 1. The Morgan fingerprint density at radius 3 is 2.50 bits per heavy atom. The zero-order valence-corrected chi connectivity index (χ0v) is 12.7. The predicted octanol–water partition coefficient (Wildman–Crippen LogP) is 2.89. The van der Waals surface area contributed by atoms with E-state index in [4.69, 9.17) is 16.7 Å². The number of aliphatic carboxylic acids is 1. The van der Waals surface area contributed by atoms with Crippen LogP contribution in [0.25, 0.3) is 0 Å². The van der Waals surface area contributed by atoms with E-state index in [-0.39, 0.29) is 11.8 Å². The lowest BCUT2D eigenvalue weighted by Crippen LogP contribution is -2.53. The molecule has 0 aliphatic rings. The van der Waals surface area contributed by atoms with Crippen LogP contribution in [0.1, 0.15) is 32.8 Å². The molecule has 1 aromatic carbocycles. The van der Waals surface area contributed by atoms with Gasteiger partial charge in [-0.05, 0) is 31.4 Å². The smallest absolute Gasteiger partial charge is 0.329 e. The first-order valence-electron chi connectivity index (χ1n) is 6.59. The first kappa shape index (κ1) is 16.5. The molecule has 0 fully saturated rings. The zero-order valence-electron chi connectivity index (χ0n) is 11.9. The third-order valence-corrected chi connectivity index (χ3v) is 3.88. The minimum absolute atomic E-state index is 0.281. The normalized spacial score (nSPS) is 15.2. The molecule has 5 heteroatoms. The zero-order chi connectivity index (χ0) is 15.3. The van der Waals surface area contributed by atoms with Gasteiger partial charge in [0.25, 0.3) is 0 Å². The summed E-state index contributed by atoms with van der Waals surface area (Å²) in [6.07, 6.45) is 0.803. The Morgan fingerprint density at radius 2 is 2.00 bits per heavy atom. The summed E-state index contributed by atoms with van der Waals surface area (Å²) >= 11 is 6.06. The van der Waals surface area contributed by atoms with Crippen molar-refractivity contribution in [1.82, 2.24) is 5.32 Å². The molecule has 0 saturated carbocycles. The van der Waals surface area contributed by atoms with Gasteiger partial charge < -0.3 is 10.4 Å². The number of carbonyl (C=O) groups is 2. The van der Waals surface area contributed by atoms with E-state index in [2.05, 4.69) is 5.32 Å². The van der Waals surface area contributed by atoms with Crippen LogP contribution in [0.5, 0.6) is 0 Å². The number of rotatable bonds is 6. The number of carboxylic acids is 1. The lowest BCUT2D eigenvalue weighted by atomic mass is 9.95. The molecular formula is C15H20ClNO3. The Morgan fingerprint density at radius 1 is 1.40 bits per heavy atom. The molecule has 0 aliphatic heterocycles. The van der Waals surface area contributed by atoms with Crippen LogP contribution in [0.4, 0.5) is 0 Å². The van der Waals surface area contributed by atoms with Crippen LogP contribution in [-0.4, -0.2) is 22.5 Å². The molecule has 0 aromatic heterocycles. The average Bonchev–Trinajstić information content (AvgIpc) is 2.40. The number of amides is 1. The molecule has 2 atom stereocenters. The van der Waals surface area contributed by atoms with Gasteiger partial charge in [-0.15, -0.1) is 0 Å². The molecule has 1 aromatic rings. The van der Waals surface area contributed by atoms with Crippen molar-refractivity contribution in [3.8, 4) is 0 Å². The number of nitrogens with one attached hydrogen (secondary N) is 1. The maximum atomic E-state index is 12.1. The van der Waals surface area contributed by atoms with E-state index in [1.165, 1.54) is 6.92 Å². The van der Waals surface area contributed by atoms with Crippen molar-refractivity contribution >= 4 is 23.5 Å². The maximum absolute atomic E-state index is 12.1. The van der Waals surface area contributed by atoms with Crippen LogP contribution < -0.4 is 5.32 Å². The minimum atomic E-state index is -1.23. The number of benzene rings is 1. The van der Waals surface area contributed by atoms with Crippen LogP contribution >= 0.6 is 11.6 Å². The summed E-state index contributed by atoms with van der Waals surface area (Å²) in [5, 5.41) is 12.4. The molecule has 1 amide bonds. The Kier molecular flexibility index (Phi) is 5.57.